The van der Waals surface area contributed by atoms with Gasteiger partial charge in [-0.15, -0.1) is 0 Å². The van der Waals surface area contributed by atoms with Crippen molar-refractivity contribution in [3.05, 3.63) is 42.7 Å². The number of aromatic nitrogens is 6. The number of nitrogens with two attached hydrogens (primary N) is 1. The summed E-state index contributed by atoms with van der Waals surface area (Å²) in [6.45, 7) is 0. The molecule has 0 saturated heterocycles. The van der Waals surface area contributed by atoms with Gasteiger partial charge in [0.15, 0.2) is 0 Å². The van der Waals surface area contributed by atoms with Gasteiger partial charge in [0, 0.05) is 24.5 Å². The van der Waals surface area contributed by atoms with E-state index in [1.807, 2.05) is 0 Å². The molecule has 3 heterocycles. The minimum Gasteiger partial charge on any atom is -0.348 e. The standard InChI is InChI=1S/C11H11N7O/c12-8(3-7-4-14-6-15-7)11-17-10(18-19-11)9-1-2-13-5-16-9/h1-2,4-6,8H,3,12H2,(H,14,15). The summed E-state index contributed by atoms with van der Waals surface area (Å²) in [4.78, 5) is 19.0. The summed E-state index contributed by atoms with van der Waals surface area (Å²) in [6.07, 6.45) is 6.90. The van der Waals surface area contributed by atoms with Crippen LogP contribution in [0.5, 0.6) is 0 Å². The highest BCUT2D eigenvalue weighted by Crippen LogP contribution is 2.17. The number of nitrogens with zero attached hydrogens (tertiary/aromatic N) is 5. The van der Waals surface area contributed by atoms with Crippen LogP contribution >= 0.6 is 0 Å². The van der Waals surface area contributed by atoms with E-state index >= 15 is 0 Å². The molecule has 96 valence electrons. The molecule has 3 aromatic heterocycles. The van der Waals surface area contributed by atoms with Crippen molar-refractivity contribution in [2.45, 2.75) is 12.5 Å². The SMILES string of the molecule is NC(Cc1cnc[nH]1)c1nc(-c2ccncn2)no1. The Morgan fingerprint density at radius 3 is 3.05 bits per heavy atom. The Kier molecular flexibility index (Phi) is 2.99. The molecule has 19 heavy (non-hydrogen) atoms. The van der Waals surface area contributed by atoms with Gasteiger partial charge >= 0.3 is 0 Å². The van der Waals surface area contributed by atoms with Crippen LogP contribution in [-0.4, -0.2) is 30.1 Å². The van der Waals surface area contributed by atoms with Gasteiger partial charge in [-0.05, 0) is 6.07 Å². The molecule has 3 aromatic rings. The first-order chi connectivity index (χ1) is 9.33. The molecule has 3 N–H and O–H groups in total. The number of imidazole rings is 1. The zero-order valence-corrected chi connectivity index (χ0v) is 9.89. The van der Waals surface area contributed by atoms with Crippen LogP contribution in [0.4, 0.5) is 0 Å². The van der Waals surface area contributed by atoms with Crippen LogP contribution in [0.2, 0.25) is 0 Å². The average molecular weight is 257 g/mol. The van der Waals surface area contributed by atoms with E-state index in [9.17, 15) is 0 Å². The number of rotatable bonds is 4. The van der Waals surface area contributed by atoms with Crippen LogP contribution in [-0.2, 0) is 6.42 Å². The molecule has 0 aliphatic rings. The minimum absolute atomic E-state index is 0.364. The van der Waals surface area contributed by atoms with E-state index in [1.165, 1.54) is 6.33 Å². The lowest BCUT2D eigenvalue weighted by molar-refractivity contribution is 0.354. The zero-order valence-electron chi connectivity index (χ0n) is 9.89. The lowest BCUT2D eigenvalue weighted by atomic mass is 10.2. The molecule has 8 nitrogen and oxygen atoms in total. The van der Waals surface area contributed by atoms with Crippen molar-refractivity contribution in [2.75, 3.05) is 0 Å². The molecular formula is C11H11N7O. The number of hydrogen-bond donors (Lipinski definition) is 2. The Balaban J connectivity index is 1.78. The molecule has 0 amide bonds. The maximum Gasteiger partial charge on any atom is 0.244 e. The van der Waals surface area contributed by atoms with Crippen LogP contribution < -0.4 is 5.73 Å². The van der Waals surface area contributed by atoms with E-state index in [2.05, 4.69) is 30.1 Å². The van der Waals surface area contributed by atoms with Gasteiger partial charge in [-0.3, -0.25) is 0 Å². The van der Waals surface area contributed by atoms with E-state index in [1.54, 1.807) is 24.8 Å². The third-order valence-electron chi connectivity index (χ3n) is 2.56. The summed E-state index contributed by atoms with van der Waals surface area (Å²) >= 11 is 0. The number of nitrogens with one attached hydrogen (secondary N) is 1. The predicted molar refractivity (Wildman–Crippen MR) is 64.5 cm³/mol. The smallest absolute Gasteiger partial charge is 0.244 e. The van der Waals surface area contributed by atoms with Crippen LogP contribution in [0.3, 0.4) is 0 Å². The summed E-state index contributed by atoms with van der Waals surface area (Å²) < 4.78 is 5.15. The van der Waals surface area contributed by atoms with Crippen LogP contribution in [0.1, 0.15) is 17.6 Å². The molecule has 1 unspecified atom stereocenters. The number of aromatic amines is 1. The normalized spacial score (nSPS) is 12.5. The summed E-state index contributed by atoms with van der Waals surface area (Å²) in [7, 11) is 0. The van der Waals surface area contributed by atoms with Crippen LogP contribution in [0.15, 0.2) is 35.6 Å². The molecule has 3 rings (SSSR count). The third-order valence-corrected chi connectivity index (χ3v) is 2.56. The second-order valence-corrected chi connectivity index (χ2v) is 3.94. The fourth-order valence-corrected chi connectivity index (χ4v) is 1.63. The zero-order chi connectivity index (χ0) is 13.1. The van der Waals surface area contributed by atoms with Gasteiger partial charge < -0.3 is 15.2 Å². The van der Waals surface area contributed by atoms with Gasteiger partial charge in [-0.1, -0.05) is 5.16 Å². The molecule has 1 atom stereocenters. The molecule has 0 aliphatic heterocycles. The van der Waals surface area contributed by atoms with Gasteiger partial charge in [0.25, 0.3) is 0 Å². The topological polar surface area (TPSA) is 119 Å². The average Bonchev–Trinajstić information content (AvgIpc) is 3.10. The Bertz CT molecular complexity index is 634. The van der Waals surface area contributed by atoms with Crippen molar-refractivity contribution in [3.63, 3.8) is 0 Å². The molecular weight excluding hydrogens is 246 g/mol. The summed E-state index contributed by atoms with van der Waals surface area (Å²) in [5.74, 6) is 0.765. The minimum atomic E-state index is -0.386. The first-order valence-corrected chi connectivity index (χ1v) is 5.66. The maximum atomic E-state index is 6.00. The number of H-pyrrole nitrogens is 1. The fraction of sp³-hybridized carbons (Fsp3) is 0.182. The van der Waals surface area contributed by atoms with E-state index < -0.39 is 0 Å². The lowest BCUT2D eigenvalue weighted by Gasteiger charge is -2.03. The van der Waals surface area contributed by atoms with Gasteiger partial charge in [0.1, 0.15) is 12.0 Å². The molecule has 0 radical (unpaired) electrons. The highest BCUT2D eigenvalue weighted by atomic mass is 16.5. The summed E-state index contributed by atoms with van der Waals surface area (Å²) in [5.41, 5.74) is 7.51. The van der Waals surface area contributed by atoms with E-state index in [-0.39, 0.29) is 6.04 Å². The van der Waals surface area contributed by atoms with Crippen molar-refractivity contribution in [1.82, 2.24) is 30.1 Å². The lowest BCUT2D eigenvalue weighted by Crippen LogP contribution is -2.14. The monoisotopic (exact) mass is 257 g/mol. The molecule has 0 saturated carbocycles. The van der Waals surface area contributed by atoms with Crippen molar-refractivity contribution in [1.29, 1.82) is 0 Å². The first-order valence-electron chi connectivity index (χ1n) is 5.66. The Morgan fingerprint density at radius 1 is 1.37 bits per heavy atom. The Labute approximate surface area is 108 Å². The number of hydrogen-bond acceptors (Lipinski definition) is 7. The quantitative estimate of drug-likeness (QED) is 0.697. The van der Waals surface area contributed by atoms with E-state index in [4.69, 9.17) is 10.3 Å². The summed E-state index contributed by atoms with van der Waals surface area (Å²) in [5, 5.41) is 3.85. The second kappa shape index (κ2) is 4.94. The highest BCUT2D eigenvalue weighted by molar-refractivity contribution is 5.46. The Morgan fingerprint density at radius 2 is 2.32 bits per heavy atom. The largest absolute Gasteiger partial charge is 0.348 e. The van der Waals surface area contributed by atoms with Crippen LogP contribution in [0.25, 0.3) is 11.5 Å². The van der Waals surface area contributed by atoms with E-state index in [0.29, 0.717) is 23.8 Å². The molecule has 0 aromatic carbocycles. The van der Waals surface area contributed by atoms with Gasteiger partial charge in [-0.25, -0.2) is 15.0 Å². The summed E-state index contributed by atoms with van der Waals surface area (Å²) in [6, 6.07) is 1.32. The van der Waals surface area contributed by atoms with Crippen molar-refractivity contribution in [3.8, 4) is 11.5 Å². The molecule has 0 spiro atoms. The van der Waals surface area contributed by atoms with Gasteiger partial charge in [0.05, 0.1) is 12.4 Å². The highest BCUT2D eigenvalue weighted by Gasteiger charge is 2.17. The molecule has 0 aliphatic carbocycles. The first kappa shape index (κ1) is 11.5. The van der Waals surface area contributed by atoms with Crippen LogP contribution in [0, 0.1) is 0 Å². The van der Waals surface area contributed by atoms with Crippen molar-refractivity contribution in [2.24, 2.45) is 5.73 Å². The van der Waals surface area contributed by atoms with Crippen molar-refractivity contribution >= 4 is 0 Å². The van der Waals surface area contributed by atoms with Gasteiger partial charge in [-0.2, -0.15) is 4.98 Å². The molecule has 0 fully saturated rings. The molecule has 0 bridgehead atoms. The predicted octanol–water partition coefficient (Wildman–Crippen LogP) is 0.492. The van der Waals surface area contributed by atoms with E-state index in [0.717, 1.165) is 5.69 Å². The van der Waals surface area contributed by atoms with Crippen molar-refractivity contribution < 1.29 is 4.52 Å². The second-order valence-electron chi connectivity index (χ2n) is 3.94. The maximum absolute atomic E-state index is 6.00. The third kappa shape index (κ3) is 2.47. The van der Waals surface area contributed by atoms with Gasteiger partial charge in [0.2, 0.25) is 11.7 Å². The Hall–Kier alpha value is -2.61. The fourth-order valence-electron chi connectivity index (χ4n) is 1.63. The molecule has 8 heteroatoms.